The Hall–Kier alpha value is -1.55. The zero-order chi connectivity index (χ0) is 12.4. The number of urea groups is 1. The zero-order valence-corrected chi connectivity index (χ0v) is 10.3. The SMILES string of the molecule is O=C(NC1CCOC1)NC1Cc2ccccc2C1. The van der Waals surface area contributed by atoms with Crippen LogP contribution in [0.3, 0.4) is 0 Å². The van der Waals surface area contributed by atoms with Crippen LogP contribution in [0.1, 0.15) is 17.5 Å². The van der Waals surface area contributed by atoms with E-state index >= 15 is 0 Å². The van der Waals surface area contributed by atoms with Gasteiger partial charge in [0, 0.05) is 12.6 Å². The quantitative estimate of drug-likeness (QED) is 0.825. The molecule has 18 heavy (non-hydrogen) atoms. The van der Waals surface area contributed by atoms with E-state index in [1.165, 1.54) is 11.1 Å². The third kappa shape index (κ3) is 2.48. The average Bonchev–Trinajstić information content (AvgIpc) is 2.96. The lowest BCUT2D eigenvalue weighted by molar-refractivity contribution is 0.188. The van der Waals surface area contributed by atoms with Gasteiger partial charge in [0.2, 0.25) is 0 Å². The molecule has 96 valence electrons. The summed E-state index contributed by atoms with van der Waals surface area (Å²) in [6.07, 6.45) is 2.79. The van der Waals surface area contributed by atoms with Crippen LogP contribution < -0.4 is 10.6 Å². The molecule has 1 atom stereocenters. The largest absolute Gasteiger partial charge is 0.379 e. The molecule has 2 N–H and O–H groups in total. The van der Waals surface area contributed by atoms with E-state index in [2.05, 4.69) is 34.9 Å². The van der Waals surface area contributed by atoms with Gasteiger partial charge < -0.3 is 15.4 Å². The molecular formula is C14H18N2O2. The highest BCUT2D eigenvalue weighted by Crippen LogP contribution is 2.21. The van der Waals surface area contributed by atoms with Crippen LogP contribution in [-0.4, -0.2) is 31.3 Å². The normalized spacial score (nSPS) is 22.8. The summed E-state index contributed by atoms with van der Waals surface area (Å²) in [5, 5.41) is 6.00. The van der Waals surface area contributed by atoms with Crippen molar-refractivity contribution in [3.63, 3.8) is 0 Å². The first-order valence-corrected chi connectivity index (χ1v) is 6.53. The highest BCUT2D eigenvalue weighted by Gasteiger charge is 2.24. The predicted molar refractivity (Wildman–Crippen MR) is 68.5 cm³/mol. The fourth-order valence-corrected chi connectivity index (χ4v) is 2.72. The van der Waals surface area contributed by atoms with Gasteiger partial charge in [0.05, 0.1) is 12.6 Å². The van der Waals surface area contributed by atoms with E-state index in [4.69, 9.17) is 4.74 Å². The summed E-state index contributed by atoms with van der Waals surface area (Å²) >= 11 is 0. The second-order valence-electron chi connectivity index (χ2n) is 5.05. The number of carbonyl (C=O) groups excluding carboxylic acids is 1. The molecule has 0 spiro atoms. The highest BCUT2D eigenvalue weighted by molar-refractivity contribution is 5.74. The van der Waals surface area contributed by atoms with E-state index in [1.807, 2.05) is 0 Å². The van der Waals surface area contributed by atoms with Crippen LogP contribution in [0, 0.1) is 0 Å². The Bertz CT molecular complexity index is 416. The molecule has 1 unspecified atom stereocenters. The molecule has 1 aliphatic heterocycles. The smallest absolute Gasteiger partial charge is 0.315 e. The van der Waals surface area contributed by atoms with Gasteiger partial charge in [-0.25, -0.2) is 4.79 Å². The first kappa shape index (κ1) is 11.5. The van der Waals surface area contributed by atoms with Crippen molar-refractivity contribution in [1.82, 2.24) is 10.6 Å². The van der Waals surface area contributed by atoms with Crippen LogP contribution in [0.25, 0.3) is 0 Å². The number of fused-ring (bicyclic) bond motifs is 1. The van der Waals surface area contributed by atoms with Crippen molar-refractivity contribution in [2.24, 2.45) is 0 Å². The molecule has 1 saturated heterocycles. The van der Waals surface area contributed by atoms with Crippen molar-refractivity contribution in [2.45, 2.75) is 31.3 Å². The third-order valence-electron chi connectivity index (χ3n) is 3.65. The Morgan fingerprint density at radius 2 is 1.78 bits per heavy atom. The molecule has 2 amide bonds. The number of carbonyl (C=O) groups is 1. The monoisotopic (exact) mass is 246 g/mol. The van der Waals surface area contributed by atoms with Crippen LogP contribution in [0.2, 0.25) is 0 Å². The number of hydrogen-bond donors (Lipinski definition) is 2. The van der Waals surface area contributed by atoms with Crippen LogP contribution in [0.15, 0.2) is 24.3 Å². The maximum absolute atomic E-state index is 11.8. The van der Waals surface area contributed by atoms with Gasteiger partial charge in [-0.05, 0) is 30.4 Å². The number of ether oxygens (including phenoxy) is 1. The van der Waals surface area contributed by atoms with E-state index in [0.717, 1.165) is 25.9 Å². The molecule has 0 aromatic heterocycles. The number of benzene rings is 1. The Morgan fingerprint density at radius 1 is 1.11 bits per heavy atom. The molecular weight excluding hydrogens is 228 g/mol. The summed E-state index contributed by atoms with van der Waals surface area (Å²) in [7, 11) is 0. The molecule has 0 saturated carbocycles. The van der Waals surface area contributed by atoms with Gasteiger partial charge in [-0.3, -0.25) is 0 Å². The van der Waals surface area contributed by atoms with E-state index in [1.54, 1.807) is 0 Å². The Kier molecular flexibility index (Phi) is 3.19. The molecule has 4 heteroatoms. The molecule has 1 aromatic carbocycles. The summed E-state index contributed by atoms with van der Waals surface area (Å²) in [4.78, 5) is 11.8. The van der Waals surface area contributed by atoms with E-state index in [9.17, 15) is 4.79 Å². The van der Waals surface area contributed by atoms with Crippen molar-refractivity contribution >= 4 is 6.03 Å². The lowest BCUT2D eigenvalue weighted by atomic mass is 10.1. The first-order chi connectivity index (χ1) is 8.81. The molecule has 2 aliphatic rings. The molecule has 1 heterocycles. The third-order valence-corrected chi connectivity index (χ3v) is 3.65. The Labute approximate surface area is 107 Å². The molecule has 1 aliphatic carbocycles. The minimum absolute atomic E-state index is 0.0664. The van der Waals surface area contributed by atoms with Crippen LogP contribution in [0.5, 0.6) is 0 Å². The predicted octanol–water partition coefficient (Wildman–Crippen LogP) is 1.24. The lowest BCUT2D eigenvalue weighted by Gasteiger charge is -2.15. The van der Waals surface area contributed by atoms with E-state index < -0.39 is 0 Å². The van der Waals surface area contributed by atoms with Crippen LogP contribution >= 0.6 is 0 Å². The molecule has 4 nitrogen and oxygen atoms in total. The average molecular weight is 246 g/mol. The standard InChI is InChI=1S/C14H18N2O2/c17-14(15-12-5-6-18-9-12)16-13-7-10-3-1-2-4-11(10)8-13/h1-4,12-13H,5-9H2,(H2,15,16,17). The number of nitrogens with one attached hydrogen (secondary N) is 2. The number of rotatable bonds is 2. The van der Waals surface area contributed by atoms with Crippen LogP contribution in [-0.2, 0) is 17.6 Å². The van der Waals surface area contributed by atoms with Gasteiger partial charge in [0.1, 0.15) is 0 Å². The van der Waals surface area contributed by atoms with Gasteiger partial charge in [-0.2, -0.15) is 0 Å². The number of amides is 2. The van der Waals surface area contributed by atoms with Gasteiger partial charge in [-0.1, -0.05) is 24.3 Å². The molecule has 1 aromatic rings. The fraction of sp³-hybridized carbons (Fsp3) is 0.500. The fourth-order valence-electron chi connectivity index (χ4n) is 2.72. The van der Waals surface area contributed by atoms with Gasteiger partial charge in [0.25, 0.3) is 0 Å². The molecule has 1 fully saturated rings. The summed E-state index contributed by atoms with van der Waals surface area (Å²) in [6.45, 7) is 1.39. The van der Waals surface area contributed by atoms with Crippen molar-refractivity contribution in [2.75, 3.05) is 13.2 Å². The topological polar surface area (TPSA) is 50.4 Å². The van der Waals surface area contributed by atoms with Crippen LogP contribution in [0.4, 0.5) is 4.79 Å². The number of hydrogen-bond acceptors (Lipinski definition) is 2. The van der Waals surface area contributed by atoms with E-state index in [-0.39, 0.29) is 18.1 Å². The Morgan fingerprint density at radius 3 is 2.39 bits per heavy atom. The van der Waals surface area contributed by atoms with E-state index in [0.29, 0.717) is 6.61 Å². The van der Waals surface area contributed by atoms with Gasteiger partial charge >= 0.3 is 6.03 Å². The van der Waals surface area contributed by atoms with Gasteiger partial charge in [0.15, 0.2) is 0 Å². The molecule has 0 bridgehead atoms. The first-order valence-electron chi connectivity index (χ1n) is 6.53. The summed E-state index contributed by atoms with van der Waals surface area (Å²) in [6, 6.07) is 8.72. The second kappa shape index (κ2) is 4.98. The Balaban J connectivity index is 1.51. The summed E-state index contributed by atoms with van der Waals surface area (Å²) < 4.78 is 5.24. The maximum Gasteiger partial charge on any atom is 0.315 e. The lowest BCUT2D eigenvalue weighted by Crippen LogP contribution is -2.46. The minimum atomic E-state index is -0.0664. The van der Waals surface area contributed by atoms with Gasteiger partial charge in [-0.15, -0.1) is 0 Å². The van der Waals surface area contributed by atoms with Crippen molar-refractivity contribution in [1.29, 1.82) is 0 Å². The highest BCUT2D eigenvalue weighted by atomic mass is 16.5. The summed E-state index contributed by atoms with van der Waals surface area (Å²) in [5.74, 6) is 0. The molecule has 0 radical (unpaired) electrons. The summed E-state index contributed by atoms with van der Waals surface area (Å²) in [5.41, 5.74) is 2.71. The minimum Gasteiger partial charge on any atom is -0.379 e. The van der Waals surface area contributed by atoms with Crippen molar-refractivity contribution in [3.8, 4) is 0 Å². The zero-order valence-electron chi connectivity index (χ0n) is 10.3. The second-order valence-corrected chi connectivity index (χ2v) is 5.05. The molecule has 3 rings (SSSR count). The van der Waals surface area contributed by atoms with Crippen molar-refractivity contribution in [3.05, 3.63) is 35.4 Å². The van der Waals surface area contributed by atoms with Crippen molar-refractivity contribution < 1.29 is 9.53 Å². The maximum atomic E-state index is 11.8.